The monoisotopic (exact) mass is 393 g/mol. The minimum atomic E-state index is -0.456. The number of hydrogen-bond acceptors (Lipinski definition) is 5. The number of rotatable bonds is 8. The second-order valence-corrected chi connectivity index (χ2v) is 6.84. The first-order valence-electron chi connectivity index (χ1n) is 9.29. The SMILES string of the molecule is CN(C)c1ccc(CCCNC(=O)c2ccn(-c3ccc([N+](=O)[O-])cc3)n2)cc1. The number of nitrogens with one attached hydrogen (secondary N) is 1. The molecule has 0 aliphatic carbocycles. The standard InChI is InChI=1S/C21H23N5O3/c1-24(2)17-7-5-16(6-8-17)4-3-14-22-21(27)20-13-15-25(23-20)18-9-11-19(12-10-18)26(28)29/h5-13,15H,3-4,14H2,1-2H3,(H,22,27). The number of carbonyl (C=O) groups excluding carboxylic acids is 1. The average Bonchev–Trinajstić information content (AvgIpc) is 3.22. The van der Waals surface area contributed by atoms with E-state index < -0.39 is 4.92 Å². The minimum Gasteiger partial charge on any atom is -0.378 e. The van der Waals surface area contributed by atoms with Gasteiger partial charge in [-0.1, -0.05) is 12.1 Å². The van der Waals surface area contributed by atoms with Gasteiger partial charge in [-0.3, -0.25) is 14.9 Å². The highest BCUT2D eigenvalue weighted by atomic mass is 16.6. The van der Waals surface area contributed by atoms with Crippen molar-refractivity contribution >= 4 is 17.3 Å². The molecule has 0 bridgehead atoms. The molecule has 0 spiro atoms. The zero-order chi connectivity index (χ0) is 20.8. The normalized spacial score (nSPS) is 10.6. The lowest BCUT2D eigenvalue weighted by atomic mass is 10.1. The second-order valence-electron chi connectivity index (χ2n) is 6.84. The first-order chi connectivity index (χ1) is 13.9. The number of non-ortho nitro benzene ring substituents is 1. The molecule has 0 fully saturated rings. The number of nitro benzene ring substituents is 1. The highest BCUT2D eigenvalue weighted by molar-refractivity contribution is 5.92. The summed E-state index contributed by atoms with van der Waals surface area (Å²) < 4.78 is 1.52. The third-order valence-electron chi connectivity index (χ3n) is 4.53. The summed E-state index contributed by atoms with van der Waals surface area (Å²) in [7, 11) is 4.01. The molecule has 0 atom stereocenters. The van der Waals surface area contributed by atoms with Crippen LogP contribution in [0.2, 0.25) is 0 Å². The molecule has 29 heavy (non-hydrogen) atoms. The van der Waals surface area contributed by atoms with Gasteiger partial charge in [0.15, 0.2) is 5.69 Å². The van der Waals surface area contributed by atoms with Crippen molar-refractivity contribution in [2.24, 2.45) is 0 Å². The van der Waals surface area contributed by atoms with Crippen molar-refractivity contribution in [2.75, 3.05) is 25.5 Å². The third kappa shape index (κ3) is 5.19. The molecule has 0 radical (unpaired) electrons. The lowest BCUT2D eigenvalue weighted by molar-refractivity contribution is -0.384. The minimum absolute atomic E-state index is 0.00947. The maximum Gasteiger partial charge on any atom is 0.271 e. The van der Waals surface area contributed by atoms with Crippen molar-refractivity contribution in [2.45, 2.75) is 12.8 Å². The quantitative estimate of drug-likeness (QED) is 0.360. The predicted octanol–water partition coefficient (Wildman–Crippen LogP) is 3.21. The summed E-state index contributed by atoms with van der Waals surface area (Å²) in [5.74, 6) is -0.242. The Morgan fingerprint density at radius 2 is 1.79 bits per heavy atom. The molecule has 8 heteroatoms. The van der Waals surface area contributed by atoms with E-state index in [0.717, 1.165) is 18.5 Å². The summed E-state index contributed by atoms with van der Waals surface area (Å²) in [5, 5.41) is 17.9. The first kappa shape index (κ1) is 20.1. The molecule has 150 valence electrons. The fraction of sp³-hybridized carbons (Fsp3) is 0.238. The maximum atomic E-state index is 12.3. The number of aryl methyl sites for hydroxylation is 1. The van der Waals surface area contributed by atoms with Crippen molar-refractivity contribution < 1.29 is 9.72 Å². The summed E-state index contributed by atoms with van der Waals surface area (Å²) in [5.41, 5.74) is 3.35. The number of nitro groups is 1. The maximum absolute atomic E-state index is 12.3. The van der Waals surface area contributed by atoms with Crippen molar-refractivity contribution in [3.63, 3.8) is 0 Å². The first-order valence-corrected chi connectivity index (χ1v) is 9.29. The Labute approximate surface area is 168 Å². The van der Waals surface area contributed by atoms with E-state index >= 15 is 0 Å². The molecule has 8 nitrogen and oxygen atoms in total. The Hall–Kier alpha value is -3.68. The van der Waals surface area contributed by atoms with Gasteiger partial charge in [-0.05, 0) is 48.7 Å². The van der Waals surface area contributed by atoms with Crippen LogP contribution < -0.4 is 10.2 Å². The van der Waals surface area contributed by atoms with Crippen LogP contribution in [0.1, 0.15) is 22.5 Å². The molecule has 2 aromatic carbocycles. The van der Waals surface area contributed by atoms with Crippen LogP contribution in [-0.4, -0.2) is 41.3 Å². The summed E-state index contributed by atoms with van der Waals surface area (Å²) in [4.78, 5) is 24.6. The van der Waals surface area contributed by atoms with Crippen molar-refractivity contribution in [3.8, 4) is 5.69 Å². The van der Waals surface area contributed by atoms with Crippen LogP contribution in [-0.2, 0) is 6.42 Å². The Kier molecular flexibility index (Phi) is 6.23. The molecule has 0 saturated carbocycles. The van der Waals surface area contributed by atoms with Crippen LogP contribution in [0.25, 0.3) is 5.69 Å². The van der Waals surface area contributed by atoms with E-state index in [1.165, 1.54) is 22.4 Å². The lowest BCUT2D eigenvalue weighted by Gasteiger charge is -2.12. The fourth-order valence-electron chi connectivity index (χ4n) is 2.86. The number of hydrogen-bond donors (Lipinski definition) is 1. The molecular weight excluding hydrogens is 370 g/mol. The molecular formula is C21H23N5O3. The van der Waals surface area contributed by atoms with E-state index in [0.29, 0.717) is 17.9 Å². The molecule has 0 aliphatic rings. The molecule has 3 aromatic rings. The van der Waals surface area contributed by atoms with Crippen molar-refractivity contribution in [1.29, 1.82) is 0 Å². The van der Waals surface area contributed by atoms with Gasteiger partial charge in [0.25, 0.3) is 11.6 Å². The van der Waals surface area contributed by atoms with Gasteiger partial charge >= 0.3 is 0 Å². The Balaban J connectivity index is 1.49. The van der Waals surface area contributed by atoms with Gasteiger partial charge in [0.2, 0.25) is 0 Å². The molecule has 3 rings (SSSR count). The van der Waals surface area contributed by atoms with Crippen LogP contribution >= 0.6 is 0 Å². The number of nitrogens with zero attached hydrogens (tertiary/aromatic N) is 4. The topological polar surface area (TPSA) is 93.3 Å². The van der Waals surface area contributed by atoms with Crippen LogP contribution in [0, 0.1) is 10.1 Å². The van der Waals surface area contributed by atoms with Gasteiger partial charge in [0.1, 0.15) is 0 Å². The zero-order valence-corrected chi connectivity index (χ0v) is 16.4. The molecule has 1 aromatic heterocycles. The Morgan fingerprint density at radius 3 is 2.41 bits per heavy atom. The van der Waals surface area contributed by atoms with E-state index in [1.54, 1.807) is 24.4 Å². The highest BCUT2D eigenvalue weighted by Gasteiger charge is 2.11. The Bertz CT molecular complexity index is 978. The molecule has 1 heterocycles. The van der Waals surface area contributed by atoms with E-state index in [9.17, 15) is 14.9 Å². The van der Waals surface area contributed by atoms with Gasteiger partial charge in [-0.15, -0.1) is 0 Å². The van der Waals surface area contributed by atoms with Crippen LogP contribution in [0.15, 0.2) is 60.8 Å². The van der Waals surface area contributed by atoms with E-state index in [2.05, 4.69) is 39.6 Å². The predicted molar refractivity (Wildman–Crippen MR) is 112 cm³/mol. The number of amides is 1. The largest absolute Gasteiger partial charge is 0.378 e. The molecule has 1 amide bonds. The van der Waals surface area contributed by atoms with Crippen molar-refractivity contribution in [1.82, 2.24) is 15.1 Å². The van der Waals surface area contributed by atoms with E-state index in [1.807, 2.05) is 14.1 Å². The van der Waals surface area contributed by atoms with E-state index in [-0.39, 0.29) is 11.6 Å². The molecule has 1 N–H and O–H groups in total. The van der Waals surface area contributed by atoms with Gasteiger partial charge in [-0.2, -0.15) is 5.10 Å². The van der Waals surface area contributed by atoms with Gasteiger partial charge in [-0.25, -0.2) is 4.68 Å². The number of benzene rings is 2. The summed E-state index contributed by atoms with van der Waals surface area (Å²) in [6, 6.07) is 16.0. The summed E-state index contributed by atoms with van der Waals surface area (Å²) in [6.07, 6.45) is 3.36. The number of anilines is 1. The second kappa shape index (κ2) is 9.01. The summed E-state index contributed by atoms with van der Waals surface area (Å²) >= 11 is 0. The third-order valence-corrected chi connectivity index (χ3v) is 4.53. The summed E-state index contributed by atoms with van der Waals surface area (Å²) in [6.45, 7) is 0.554. The lowest BCUT2D eigenvalue weighted by Crippen LogP contribution is -2.25. The number of carbonyl (C=O) groups is 1. The average molecular weight is 393 g/mol. The molecule has 0 unspecified atom stereocenters. The van der Waals surface area contributed by atoms with Crippen molar-refractivity contribution in [3.05, 3.63) is 82.2 Å². The van der Waals surface area contributed by atoms with Gasteiger partial charge in [0, 0.05) is 44.7 Å². The molecule has 0 aliphatic heterocycles. The Morgan fingerprint density at radius 1 is 1.10 bits per heavy atom. The van der Waals surface area contributed by atoms with E-state index in [4.69, 9.17) is 0 Å². The highest BCUT2D eigenvalue weighted by Crippen LogP contribution is 2.15. The number of aromatic nitrogens is 2. The van der Waals surface area contributed by atoms with Gasteiger partial charge < -0.3 is 10.2 Å². The smallest absolute Gasteiger partial charge is 0.271 e. The van der Waals surface area contributed by atoms with Crippen LogP contribution in [0.4, 0.5) is 11.4 Å². The van der Waals surface area contributed by atoms with Crippen LogP contribution in [0.5, 0.6) is 0 Å². The molecule has 0 saturated heterocycles. The fourth-order valence-corrected chi connectivity index (χ4v) is 2.86. The van der Waals surface area contributed by atoms with Crippen LogP contribution in [0.3, 0.4) is 0 Å². The van der Waals surface area contributed by atoms with Gasteiger partial charge in [0.05, 0.1) is 10.6 Å². The zero-order valence-electron chi connectivity index (χ0n) is 16.4.